The van der Waals surface area contributed by atoms with Crippen molar-refractivity contribution in [2.75, 3.05) is 13.7 Å². The molecule has 0 bridgehead atoms. The number of esters is 2. The van der Waals surface area contributed by atoms with Crippen molar-refractivity contribution in [3.05, 3.63) is 71.3 Å². The van der Waals surface area contributed by atoms with Crippen LogP contribution in [0.25, 0.3) is 12.2 Å². The Balaban J connectivity index is 1.97. The second kappa shape index (κ2) is 7.78. The second-order valence-corrected chi connectivity index (χ2v) is 4.52. The Labute approximate surface area is 129 Å². The first-order valence-electron chi connectivity index (χ1n) is 6.76. The maximum Gasteiger partial charge on any atom is 0.344 e. The monoisotopic (exact) mass is 296 g/mol. The minimum atomic E-state index is -0.587. The molecular weight excluding hydrogens is 280 g/mol. The fourth-order valence-electron chi connectivity index (χ4n) is 1.75. The molecule has 0 radical (unpaired) electrons. The van der Waals surface area contributed by atoms with E-state index >= 15 is 0 Å². The van der Waals surface area contributed by atoms with Crippen LogP contribution in [-0.4, -0.2) is 25.7 Å². The van der Waals surface area contributed by atoms with Crippen LogP contribution in [0.3, 0.4) is 0 Å². The Morgan fingerprint density at radius 2 is 1.50 bits per heavy atom. The predicted molar refractivity (Wildman–Crippen MR) is 84.1 cm³/mol. The molecule has 2 aromatic carbocycles. The van der Waals surface area contributed by atoms with Crippen molar-refractivity contribution < 1.29 is 19.1 Å². The Morgan fingerprint density at radius 3 is 2.09 bits per heavy atom. The van der Waals surface area contributed by atoms with E-state index in [1.54, 1.807) is 12.1 Å². The van der Waals surface area contributed by atoms with Crippen molar-refractivity contribution in [2.45, 2.75) is 0 Å². The first-order valence-corrected chi connectivity index (χ1v) is 6.76. The van der Waals surface area contributed by atoms with Crippen LogP contribution in [0.1, 0.15) is 21.5 Å². The summed E-state index contributed by atoms with van der Waals surface area (Å²) in [4.78, 5) is 22.6. The number of carbonyl (C=O) groups is 2. The lowest BCUT2D eigenvalue weighted by atomic mass is 10.1. The Hall–Kier alpha value is -2.88. The van der Waals surface area contributed by atoms with E-state index in [4.69, 9.17) is 4.74 Å². The molecule has 0 aromatic heterocycles. The summed E-state index contributed by atoms with van der Waals surface area (Å²) in [5.74, 6) is -1.14. The van der Waals surface area contributed by atoms with Crippen LogP contribution >= 0.6 is 0 Å². The van der Waals surface area contributed by atoms with E-state index in [9.17, 15) is 9.59 Å². The maximum absolute atomic E-state index is 11.7. The van der Waals surface area contributed by atoms with Gasteiger partial charge in [0.15, 0.2) is 6.61 Å². The van der Waals surface area contributed by atoms with Crippen LogP contribution in [0, 0.1) is 0 Å². The fraction of sp³-hybridized carbons (Fsp3) is 0.111. The molecule has 0 saturated carbocycles. The molecule has 112 valence electrons. The number of carbonyl (C=O) groups excluding carboxylic acids is 2. The summed E-state index contributed by atoms with van der Waals surface area (Å²) in [6, 6.07) is 16.9. The highest BCUT2D eigenvalue weighted by Crippen LogP contribution is 2.10. The van der Waals surface area contributed by atoms with E-state index in [1.165, 1.54) is 7.11 Å². The smallest absolute Gasteiger partial charge is 0.344 e. The van der Waals surface area contributed by atoms with E-state index in [1.807, 2.05) is 54.6 Å². The average molecular weight is 296 g/mol. The largest absolute Gasteiger partial charge is 0.466 e. The van der Waals surface area contributed by atoms with Crippen LogP contribution in [-0.2, 0) is 14.3 Å². The van der Waals surface area contributed by atoms with Crippen molar-refractivity contribution in [2.24, 2.45) is 0 Å². The number of benzene rings is 2. The first-order chi connectivity index (χ1) is 10.7. The van der Waals surface area contributed by atoms with Crippen molar-refractivity contribution in [3.63, 3.8) is 0 Å². The molecule has 0 aliphatic rings. The molecule has 4 heteroatoms. The normalized spacial score (nSPS) is 10.4. The molecule has 0 unspecified atom stereocenters. The van der Waals surface area contributed by atoms with E-state index in [0.29, 0.717) is 5.56 Å². The second-order valence-electron chi connectivity index (χ2n) is 4.52. The van der Waals surface area contributed by atoms with Crippen LogP contribution in [0.5, 0.6) is 0 Å². The van der Waals surface area contributed by atoms with Crippen LogP contribution in [0.4, 0.5) is 0 Å². The highest BCUT2D eigenvalue weighted by Gasteiger charge is 2.09. The lowest BCUT2D eigenvalue weighted by Crippen LogP contribution is -2.14. The Kier molecular flexibility index (Phi) is 5.49. The minimum Gasteiger partial charge on any atom is -0.466 e. The van der Waals surface area contributed by atoms with E-state index in [2.05, 4.69) is 4.74 Å². The maximum atomic E-state index is 11.7. The number of ether oxygens (including phenoxy) is 2. The van der Waals surface area contributed by atoms with E-state index in [-0.39, 0.29) is 6.61 Å². The third-order valence-corrected chi connectivity index (χ3v) is 2.96. The first kappa shape index (κ1) is 15.5. The molecule has 0 aliphatic carbocycles. The number of hydrogen-bond donors (Lipinski definition) is 0. The molecule has 0 saturated heterocycles. The predicted octanol–water partition coefficient (Wildman–Crippen LogP) is 3.19. The van der Waals surface area contributed by atoms with Gasteiger partial charge < -0.3 is 9.47 Å². The van der Waals surface area contributed by atoms with Gasteiger partial charge in [0.25, 0.3) is 0 Å². The van der Waals surface area contributed by atoms with Gasteiger partial charge in [0.1, 0.15) is 0 Å². The van der Waals surface area contributed by atoms with Gasteiger partial charge in [-0.15, -0.1) is 0 Å². The van der Waals surface area contributed by atoms with Crippen molar-refractivity contribution in [3.8, 4) is 0 Å². The zero-order valence-corrected chi connectivity index (χ0v) is 12.2. The summed E-state index contributed by atoms with van der Waals surface area (Å²) < 4.78 is 9.22. The third-order valence-electron chi connectivity index (χ3n) is 2.96. The summed E-state index contributed by atoms with van der Waals surface area (Å²) >= 11 is 0. The van der Waals surface area contributed by atoms with Crippen molar-refractivity contribution in [1.82, 2.24) is 0 Å². The molecule has 0 N–H and O–H groups in total. The van der Waals surface area contributed by atoms with Crippen molar-refractivity contribution in [1.29, 1.82) is 0 Å². The zero-order chi connectivity index (χ0) is 15.8. The molecular formula is C18H16O4. The summed E-state index contributed by atoms with van der Waals surface area (Å²) in [5.41, 5.74) is 2.46. The van der Waals surface area contributed by atoms with Gasteiger partial charge >= 0.3 is 11.9 Å². The van der Waals surface area contributed by atoms with Crippen molar-refractivity contribution >= 4 is 24.1 Å². The number of rotatable bonds is 5. The van der Waals surface area contributed by atoms with Crippen LogP contribution in [0.15, 0.2) is 54.6 Å². The van der Waals surface area contributed by atoms with Crippen LogP contribution in [0.2, 0.25) is 0 Å². The van der Waals surface area contributed by atoms with E-state index in [0.717, 1.165) is 11.1 Å². The topological polar surface area (TPSA) is 52.6 Å². The summed E-state index contributed by atoms with van der Waals surface area (Å²) in [5, 5.41) is 0. The lowest BCUT2D eigenvalue weighted by Gasteiger charge is -2.03. The van der Waals surface area contributed by atoms with Gasteiger partial charge in [-0.05, 0) is 23.3 Å². The molecule has 0 fully saturated rings. The molecule has 0 aliphatic heterocycles. The van der Waals surface area contributed by atoms with Gasteiger partial charge in [0.2, 0.25) is 0 Å². The molecule has 0 atom stereocenters. The Bertz CT molecular complexity index is 657. The molecule has 2 aromatic rings. The molecule has 22 heavy (non-hydrogen) atoms. The Morgan fingerprint density at radius 1 is 0.909 bits per heavy atom. The highest BCUT2D eigenvalue weighted by atomic mass is 16.6. The van der Waals surface area contributed by atoms with Gasteiger partial charge in [-0.2, -0.15) is 0 Å². The number of hydrogen-bond acceptors (Lipinski definition) is 4. The summed E-state index contributed by atoms with van der Waals surface area (Å²) in [6.45, 7) is -0.384. The van der Waals surface area contributed by atoms with E-state index < -0.39 is 11.9 Å². The molecule has 0 heterocycles. The fourth-order valence-corrected chi connectivity index (χ4v) is 1.75. The van der Waals surface area contributed by atoms with Gasteiger partial charge in [0, 0.05) is 0 Å². The third kappa shape index (κ3) is 4.59. The van der Waals surface area contributed by atoms with Gasteiger partial charge in [-0.25, -0.2) is 9.59 Å². The molecule has 0 amide bonds. The van der Waals surface area contributed by atoms with Gasteiger partial charge in [-0.1, -0.05) is 54.6 Å². The molecule has 4 nitrogen and oxygen atoms in total. The van der Waals surface area contributed by atoms with Crippen LogP contribution < -0.4 is 0 Å². The van der Waals surface area contributed by atoms with Gasteiger partial charge in [0.05, 0.1) is 12.7 Å². The molecule has 2 rings (SSSR count). The quantitative estimate of drug-likeness (QED) is 0.628. The SMILES string of the molecule is COC(=O)COC(=O)c1ccc(/C=C/c2ccccc2)cc1. The average Bonchev–Trinajstić information content (AvgIpc) is 2.59. The molecule has 0 spiro atoms. The highest BCUT2D eigenvalue weighted by molar-refractivity contribution is 5.91. The number of methoxy groups -OCH3 is 1. The summed E-state index contributed by atoms with van der Waals surface area (Å²) in [6.07, 6.45) is 3.95. The minimum absolute atomic E-state index is 0.384. The standard InChI is InChI=1S/C18H16O4/c1-21-17(19)13-22-18(20)16-11-9-15(10-12-16)8-7-14-5-3-2-4-6-14/h2-12H,13H2,1H3/b8-7+. The van der Waals surface area contributed by atoms with Gasteiger partial charge in [-0.3, -0.25) is 0 Å². The summed E-state index contributed by atoms with van der Waals surface area (Å²) in [7, 11) is 1.24. The zero-order valence-electron chi connectivity index (χ0n) is 12.2. The lowest BCUT2D eigenvalue weighted by molar-refractivity contribution is -0.144.